The van der Waals surface area contributed by atoms with Crippen LogP contribution in [-0.2, 0) is 11.3 Å². The fraction of sp³-hybridized carbons (Fsp3) is 0.650. The van der Waals surface area contributed by atoms with Crippen LogP contribution in [0.15, 0.2) is 28.9 Å². The highest BCUT2D eigenvalue weighted by molar-refractivity contribution is 5.49. The SMILES string of the molecule is CC1(C)CN(Cc2nnc(-c3cccnc3)o2)CCC1(O)CN1CCOCC1. The fourth-order valence-electron chi connectivity index (χ4n) is 4.14. The Morgan fingerprint density at radius 3 is 2.68 bits per heavy atom. The molecule has 2 fully saturated rings. The Bertz CT molecular complexity index is 775. The van der Waals surface area contributed by atoms with Crippen molar-refractivity contribution in [3.05, 3.63) is 30.4 Å². The van der Waals surface area contributed by atoms with Crippen molar-refractivity contribution in [2.75, 3.05) is 45.9 Å². The Kier molecular flexibility index (Phi) is 5.46. The smallest absolute Gasteiger partial charge is 0.249 e. The number of pyridine rings is 1. The van der Waals surface area contributed by atoms with Crippen LogP contribution >= 0.6 is 0 Å². The number of likely N-dealkylation sites (tertiary alicyclic amines) is 1. The Labute approximate surface area is 165 Å². The first kappa shape index (κ1) is 19.4. The first-order valence-electron chi connectivity index (χ1n) is 9.93. The van der Waals surface area contributed by atoms with E-state index in [2.05, 4.69) is 38.8 Å². The quantitative estimate of drug-likeness (QED) is 0.824. The van der Waals surface area contributed by atoms with E-state index in [0.29, 0.717) is 24.9 Å². The first-order chi connectivity index (χ1) is 13.5. The predicted octanol–water partition coefficient (Wildman–Crippen LogP) is 1.43. The number of nitrogens with zero attached hydrogens (tertiary/aromatic N) is 5. The van der Waals surface area contributed by atoms with Gasteiger partial charge in [0.05, 0.1) is 30.9 Å². The van der Waals surface area contributed by atoms with E-state index in [1.54, 1.807) is 12.4 Å². The Morgan fingerprint density at radius 2 is 1.96 bits per heavy atom. The third-order valence-corrected chi connectivity index (χ3v) is 6.04. The van der Waals surface area contributed by atoms with Crippen LogP contribution in [-0.4, -0.2) is 81.6 Å². The minimum absolute atomic E-state index is 0.240. The molecule has 0 amide bonds. The number of β-amino-alcohol motifs (C(OH)–C–C–N with tert-alkyl or cyclic N) is 1. The highest BCUT2D eigenvalue weighted by Crippen LogP contribution is 2.39. The highest BCUT2D eigenvalue weighted by atomic mass is 16.5. The lowest BCUT2D eigenvalue weighted by Gasteiger charge is -2.52. The second kappa shape index (κ2) is 7.87. The molecule has 2 aromatic heterocycles. The van der Waals surface area contributed by atoms with Gasteiger partial charge in [-0.15, -0.1) is 10.2 Å². The standard InChI is InChI=1S/C20H29N5O3/c1-19(2)14-25(7-5-20(19,26)15-24-8-10-27-11-9-24)13-17-22-23-18(28-17)16-4-3-6-21-12-16/h3-4,6,12,26H,5,7-11,13-15H2,1-2H3. The summed E-state index contributed by atoms with van der Waals surface area (Å²) in [6.45, 7) is 10.4. The summed E-state index contributed by atoms with van der Waals surface area (Å²) < 4.78 is 11.3. The number of hydrogen-bond donors (Lipinski definition) is 1. The minimum atomic E-state index is -0.712. The van der Waals surface area contributed by atoms with Crippen molar-refractivity contribution >= 4 is 0 Å². The van der Waals surface area contributed by atoms with Gasteiger partial charge in [0, 0.05) is 50.5 Å². The Balaban J connectivity index is 1.38. The number of morpholine rings is 1. The van der Waals surface area contributed by atoms with Crippen molar-refractivity contribution in [3.63, 3.8) is 0 Å². The van der Waals surface area contributed by atoms with Crippen LogP contribution in [0.3, 0.4) is 0 Å². The second-order valence-electron chi connectivity index (χ2n) is 8.51. The number of rotatable bonds is 5. The zero-order valence-electron chi connectivity index (χ0n) is 16.7. The van der Waals surface area contributed by atoms with E-state index in [1.165, 1.54) is 0 Å². The highest BCUT2D eigenvalue weighted by Gasteiger charge is 2.48. The molecule has 2 aliphatic rings. The fourth-order valence-corrected chi connectivity index (χ4v) is 4.14. The van der Waals surface area contributed by atoms with Gasteiger partial charge in [0.25, 0.3) is 0 Å². The zero-order chi connectivity index (χ0) is 19.6. The molecular formula is C20H29N5O3. The van der Waals surface area contributed by atoms with Crippen LogP contribution in [0.4, 0.5) is 0 Å². The molecule has 28 heavy (non-hydrogen) atoms. The van der Waals surface area contributed by atoms with Crippen molar-refractivity contribution in [3.8, 4) is 11.5 Å². The van der Waals surface area contributed by atoms with E-state index >= 15 is 0 Å². The summed E-state index contributed by atoms with van der Waals surface area (Å²) in [7, 11) is 0. The lowest BCUT2D eigenvalue weighted by atomic mass is 9.69. The summed E-state index contributed by atoms with van der Waals surface area (Å²) >= 11 is 0. The van der Waals surface area contributed by atoms with E-state index in [1.807, 2.05) is 12.1 Å². The molecule has 4 heterocycles. The van der Waals surface area contributed by atoms with E-state index in [-0.39, 0.29) is 5.41 Å². The maximum Gasteiger partial charge on any atom is 0.249 e. The summed E-state index contributed by atoms with van der Waals surface area (Å²) in [5, 5.41) is 19.8. The summed E-state index contributed by atoms with van der Waals surface area (Å²) in [4.78, 5) is 8.70. The maximum absolute atomic E-state index is 11.4. The lowest BCUT2D eigenvalue weighted by Crippen LogP contribution is -2.62. The number of hydrogen-bond acceptors (Lipinski definition) is 8. The largest absolute Gasteiger partial charge is 0.419 e. The van der Waals surface area contributed by atoms with Crippen molar-refractivity contribution in [1.29, 1.82) is 0 Å². The molecular weight excluding hydrogens is 358 g/mol. The normalized spacial score (nSPS) is 26.4. The van der Waals surface area contributed by atoms with Gasteiger partial charge in [-0.05, 0) is 18.6 Å². The van der Waals surface area contributed by atoms with Crippen molar-refractivity contribution in [2.24, 2.45) is 5.41 Å². The van der Waals surface area contributed by atoms with Crippen molar-refractivity contribution in [2.45, 2.75) is 32.4 Å². The van der Waals surface area contributed by atoms with Gasteiger partial charge < -0.3 is 14.3 Å². The van der Waals surface area contributed by atoms with E-state index < -0.39 is 5.60 Å². The van der Waals surface area contributed by atoms with Crippen molar-refractivity contribution in [1.82, 2.24) is 25.0 Å². The van der Waals surface area contributed by atoms with Gasteiger partial charge in [-0.1, -0.05) is 13.8 Å². The molecule has 1 atom stereocenters. The van der Waals surface area contributed by atoms with Crippen LogP contribution in [0.25, 0.3) is 11.5 Å². The summed E-state index contributed by atoms with van der Waals surface area (Å²) in [6, 6.07) is 3.75. The predicted molar refractivity (Wildman–Crippen MR) is 103 cm³/mol. The van der Waals surface area contributed by atoms with Crippen LogP contribution in [0.1, 0.15) is 26.2 Å². The lowest BCUT2D eigenvalue weighted by molar-refractivity contribution is -0.141. The van der Waals surface area contributed by atoms with Crippen molar-refractivity contribution < 1.29 is 14.3 Å². The number of ether oxygens (including phenoxy) is 1. The second-order valence-corrected chi connectivity index (χ2v) is 8.51. The molecule has 8 nitrogen and oxygen atoms in total. The molecule has 2 aromatic rings. The molecule has 0 aromatic carbocycles. The molecule has 0 radical (unpaired) electrons. The molecule has 0 spiro atoms. The number of aromatic nitrogens is 3. The van der Waals surface area contributed by atoms with E-state index in [4.69, 9.17) is 9.15 Å². The van der Waals surface area contributed by atoms with Gasteiger partial charge in [0.2, 0.25) is 11.8 Å². The van der Waals surface area contributed by atoms with E-state index in [0.717, 1.165) is 51.4 Å². The minimum Gasteiger partial charge on any atom is -0.419 e. The number of aliphatic hydroxyl groups is 1. The molecule has 4 rings (SSSR count). The maximum atomic E-state index is 11.4. The molecule has 0 bridgehead atoms. The van der Waals surface area contributed by atoms with Crippen LogP contribution in [0, 0.1) is 5.41 Å². The summed E-state index contributed by atoms with van der Waals surface area (Å²) in [5.41, 5.74) is -0.133. The first-order valence-corrected chi connectivity index (χ1v) is 9.93. The van der Waals surface area contributed by atoms with E-state index in [9.17, 15) is 5.11 Å². The molecule has 152 valence electrons. The summed E-state index contributed by atoms with van der Waals surface area (Å²) in [5.74, 6) is 1.08. The molecule has 1 unspecified atom stereocenters. The average molecular weight is 387 g/mol. The van der Waals surface area contributed by atoms with Gasteiger partial charge in [-0.2, -0.15) is 0 Å². The topological polar surface area (TPSA) is 87.8 Å². The van der Waals surface area contributed by atoms with Gasteiger partial charge >= 0.3 is 0 Å². The Hall–Kier alpha value is -1.87. The van der Waals surface area contributed by atoms with Gasteiger partial charge in [-0.25, -0.2) is 0 Å². The van der Waals surface area contributed by atoms with Gasteiger partial charge in [-0.3, -0.25) is 14.8 Å². The zero-order valence-corrected chi connectivity index (χ0v) is 16.7. The van der Waals surface area contributed by atoms with Crippen LogP contribution in [0.2, 0.25) is 0 Å². The molecule has 2 saturated heterocycles. The molecule has 8 heteroatoms. The third kappa shape index (κ3) is 4.10. The molecule has 0 saturated carbocycles. The Morgan fingerprint density at radius 1 is 1.14 bits per heavy atom. The summed E-state index contributed by atoms with van der Waals surface area (Å²) in [6.07, 6.45) is 4.16. The average Bonchev–Trinajstić information content (AvgIpc) is 3.15. The van der Waals surface area contributed by atoms with Gasteiger partial charge in [0.15, 0.2) is 0 Å². The molecule has 1 N–H and O–H groups in total. The molecule has 0 aliphatic carbocycles. The molecule has 2 aliphatic heterocycles. The number of piperidine rings is 1. The van der Waals surface area contributed by atoms with Crippen LogP contribution < -0.4 is 0 Å². The van der Waals surface area contributed by atoms with Crippen LogP contribution in [0.5, 0.6) is 0 Å². The third-order valence-electron chi connectivity index (χ3n) is 6.04. The van der Waals surface area contributed by atoms with Gasteiger partial charge in [0.1, 0.15) is 0 Å². The monoisotopic (exact) mass is 387 g/mol.